The van der Waals surface area contributed by atoms with E-state index < -0.39 is 0 Å². The maximum Gasteiger partial charge on any atom is 0.154 e. The molecule has 0 bridgehead atoms. The average Bonchev–Trinajstić information content (AvgIpc) is 2.61. The molecule has 0 atom stereocenters. The first-order valence-electron chi connectivity index (χ1n) is 3.97. The van der Waals surface area contributed by atoms with Crippen molar-refractivity contribution in [3.8, 4) is 0 Å². The molecule has 0 aromatic carbocycles. The summed E-state index contributed by atoms with van der Waals surface area (Å²) in [6, 6.07) is 1.83. The summed E-state index contributed by atoms with van der Waals surface area (Å²) < 4.78 is 1.69. The van der Waals surface area contributed by atoms with Crippen molar-refractivity contribution in [1.29, 1.82) is 0 Å². The third-order valence-corrected chi connectivity index (χ3v) is 1.68. The molecule has 0 aliphatic rings. The van der Waals surface area contributed by atoms with Crippen LogP contribution in [-0.4, -0.2) is 26.3 Å². The molecule has 1 N–H and O–H groups in total. The van der Waals surface area contributed by atoms with Crippen molar-refractivity contribution < 1.29 is 5.11 Å². The van der Waals surface area contributed by atoms with E-state index in [4.69, 9.17) is 5.11 Å². The quantitative estimate of drug-likeness (QED) is 0.732. The summed E-state index contributed by atoms with van der Waals surface area (Å²) in [5.74, 6) is 0. The fraction of sp³-hybridized carbons (Fsp3) is 0.111. The molecule has 2 aromatic heterocycles. The molecule has 0 aliphatic heterocycles. The van der Waals surface area contributed by atoms with Crippen molar-refractivity contribution in [3.63, 3.8) is 0 Å². The van der Waals surface area contributed by atoms with Gasteiger partial charge in [-0.2, -0.15) is 5.10 Å². The Bertz CT molecular complexity index is 433. The van der Waals surface area contributed by atoms with E-state index >= 15 is 0 Å². The highest BCUT2D eigenvalue weighted by molar-refractivity contribution is 5.49. The zero-order valence-electron chi connectivity index (χ0n) is 6.96. The van der Waals surface area contributed by atoms with E-state index in [0.717, 1.165) is 11.2 Å². The molecule has 4 heteroatoms. The second kappa shape index (κ2) is 3.37. The number of aliphatic hydroxyl groups excluding tert-OH is 1. The molecule has 0 saturated carbocycles. The molecule has 0 unspecified atom stereocenters. The molecule has 0 aliphatic carbocycles. The summed E-state index contributed by atoms with van der Waals surface area (Å²) in [4.78, 5) is 4.16. The molecule has 0 amide bonds. The first-order valence-corrected chi connectivity index (χ1v) is 3.97. The first-order chi connectivity index (χ1) is 6.40. The van der Waals surface area contributed by atoms with Gasteiger partial charge in [-0.15, -0.1) is 0 Å². The van der Waals surface area contributed by atoms with Gasteiger partial charge in [-0.1, -0.05) is 12.2 Å². The Kier molecular flexibility index (Phi) is 2.06. The van der Waals surface area contributed by atoms with Gasteiger partial charge in [-0.25, -0.2) is 9.50 Å². The lowest BCUT2D eigenvalue weighted by Crippen LogP contribution is -1.90. The van der Waals surface area contributed by atoms with E-state index in [0.29, 0.717) is 0 Å². The van der Waals surface area contributed by atoms with Gasteiger partial charge in [0.2, 0.25) is 0 Å². The molecule has 2 rings (SSSR count). The second-order valence-corrected chi connectivity index (χ2v) is 2.61. The van der Waals surface area contributed by atoms with Crippen LogP contribution < -0.4 is 0 Å². The Morgan fingerprint density at radius 1 is 1.54 bits per heavy atom. The van der Waals surface area contributed by atoms with Crippen molar-refractivity contribution in [2.45, 2.75) is 0 Å². The molecule has 0 spiro atoms. The smallest absolute Gasteiger partial charge is 0.154 e. The van der Waals surface area contributed by atoms with Crippen LogP contribution in [0.2, 0.25) is 0 Å². The predicted octanol–water partition coefficient (Wildman–Crippen LogP) is 0.735. The molecular weight excluding hydrogens is 166 g/mol. The Labute approximate surface area is 75.2 Å². The zero-order chi connectivity index (χ0) is 9.10. The van der Waals surface area contributed by atoms with Gasteiger partial charge in [0.1, 0.15) is 0 Å². The van der Waals surface area contributed by atoms with Crippen LogP contribution in [-0.2, 0) is 0 Å². The van der Waals surface area contributed by atoms with Crippen molar-refractivity contribution >= 4 is 11.7 Å². The number of fused-ring (bicyclic) bond motifs is 1. The lowest BCUT2D eigenvalue weighted by Gasteiger charge is -1.94. The lowest BCUT2D eigenvalue weighted by atomic mass is 10.3. The number of aliphatic hydroxyl groups is 1. The molecule has 0 radical (unpaired) electrons. The minimum atomic E-state index is 0.0388. The van der Waals surface area contributed by atoms with Gasteiger partial charge in [-0.05, 0) is 0 Å². The summed E-state index contributed by atoms with van der Waals surface area (Å²) in [6.07, 6.45) is 8.75. The summed E-state index contributed by atoms with van der Waals surface area (Å²) in [6.45, 7) is 0.0388. The van der Waals surface area contributed by atoms with Gasteiger partial charge in [-0.3, -0.25) is 0 Å². The highest BCUT2D eigenvalue weighted by Crippen LogP contribution is 2.02. The molecular formula is C9H9N3O. The number of rotatable bonds is 2. The van der Waals surface area contributed by atoms with Gasteiger partial charge >= 0.3 is 0 Å². The van der Waals surface area contributed by atoms with Gasteiger partial charge in [0.25, 0.3) is 0 Å². The molecule has 2 aromatic rings. The van der Waals surface area contributed by atoms with Crippen LogP contribution in [0.15, 0.2) is 30.7 Å². The lowest BCUT2D eigenvalue weighted by molar-refractivity contribution is 0.343. The normalized spacial score (nSPS) is 11.5. The van der Waals surface area contributed by atoms with E-state index in [9.17, 15) is 0 Å². The van der Waals surface area contributed by atoms with Crippen molar-refractivity contribution in [2.75, 3.05) is 6.61 Å². The van der Waals surface area contributed by atoms with Crippen LogP contribution >= 0.6 is 0 Å². The molecule has 0 saturated heterocycles. The fourth-order valence-corrected chi connectivity index (χ4v) is 1.10. The van der Waals surface area contributed by atoms with Crippen LogP contribution in [0, 0.1) is 0 Å². The number of aromatic nitrogens is 3. The zero-order valence-corrected chi connectivity index (χ0v) is 6.96. The van der Waals surface area contributed by atoms with Crippen molar-refractivity contribution in [3.05, 3.63) is 36.3 Å². The highest BCUT2D eigenvalue weighted by Gasteiger charge is 1.93. The minimum Gasteiger partial charge on any atom is -0.392 e. The van der Waals surface area contributed by atoms with E-state index in [1.165, 1.54) is 0 Å². The average molecular weight is 175 g/mol. The van der Waals surface area contributed by atoms with Gasteiger partial charge in [0, 0.05) is 24.0 Å². The second-order valence-electron chi connectivity index (χ2n) is 2.61. The summed E-state index contributed by atoms with van der Waals surface area (Å²) >= 11 is 0. The predicted molar refractivity (Wildman–Crippen MR) is 49.1 cm³/mol. The molecule has 0 fully saturated rings. The van der Waals surface area contributed by atoms with Crippen LogP contribution in [0.5, 0.6) is 0 Å². The first kappa shape index (κ1) is 7.94. The third-order valence-electron chi connectivity index (χ3n) is 1.68. The Morgan fingerprint density at radius 2 is 2.46 bits per heavy atom. The van der Waals surface area contributed by atoms with Gasteiger partial charge in [0.15, 0.2) is 5.65 Å². The highest BCUT2D eigenvalue weighted by atomic mass is 16.2. The van der Waals surface area contributed by atoms with Crippen LogP contribution in [0.25, 0.3) is 11.7 Å². The number of hydrogen-bond acceptors (Lipinski definition) is 3. The van der Waals surface area contributed by atoms with Crippen LogP contribution in [0.3, 0.4) is 0 Å². The number of hydrogen-bond donors (Lipinski definition) is 1. The van der Waals surface area contributed by atoms with E-state index in [2.05, 4.69) is 10.1 Å². The summed E-state index contributed by atoms with van der Waals surface area (Å²) in [7, 11) is 0. The standard InChI is InChI=1S/C9H9N3O/c13-5-1-2-8-6-10-9-3-4-11-12(9)7-8/h1-4,6-7,13H,5H2/b2-1+. The third kappa shape index (κ3) is 1.57. The minimum absolute atomic E-state index is 0.0388. The summed E-state index contributed by atoms with van der Waals surface area (Å²) in [5, 5.41) is 12.6. The molecule has 4 nitrogen and oxygen atoms in total. The van der Waals surface area contributed by atoms with Crippen molar-refractivity contribution in [2.24, 2.45) is 0 Å². The van der Waals surface area contributed by atoms with Gasteiger partial charge in [0.05, 0.1) is 12.8 Å². The van der Waals surface area contributed by atoms with Gasteiger partial charge < -0.3 is 5.11 Å². The Hall–Kier alpha value is -1.68. The van der Waals surface area contributed by atoms with E-state index in [-0.39, 0.29) is 6.61 Å². The summed E-state index contributed by atoms with van der Waals surface area (Å²) in [5.41, 5.74) is 1.74. The maximum atomic E-state index is 8.57. The molecule has 13 heavy (non-hydrogen) atoms. The Balaban J connectivity index is 2.42. The van der Waals surface area contributed by atoms with E-state index in [1.54, 1.807) is 29.1 Å². The largest absolute Gasteiger partial charge is 0.392 e. The molecule has 2 heterocycles. The van der Waals surface area contributed by atoms with Crippen LogP contribution in [0.1, 0.15) is 5.56 Å². The molecule has 66 valence electrons. The Morgan fingerprint density at radius 3 is 3.31 bits per heavy atom. The van der Waals surface area contributed by atoms with Crippen LogP contribution in [0.4, 0.5) is 0 Å². The van der Waals surface area contributed by atoms with E-state index in [1.807, 2.05) is 12.3 Å². The maximum absolute atomic E-state index is 8.57. The topological polar surface area (TPSA) is 50.4 Å². The fourth-order valence-electron chi connectivity index (χ4n) is 1.10. The van der Waals surface area contributed by atoms with Crippen molar-refractivity contribution in [1.82, 2.24) is 14.6 Å². The number of nitrogens with zero attached hydrogens (tertiary/aromatic N) is 3. The monoisotopic (exact) mass is 175 g/mol. The SMILES string of the molecule is OC/C=C/c1cnc2ccnn2c1.